The van der Waals surface area contributed by atoms with Gasteiger partial charge in [-0.25, -0.2) is 0 Å². The molecule has 1 atom stereocenters. The molecule has 0 radical (unpaired) electrons. The molecular weight excluding hydrogens is 338 g/mol. The molecular formula is C22H27N3O2. The number of anilines is 1. The SMILES string of the molecule is CN1Cc2ccccc2CC1CNC(=O)c1cccc(N2CCOCC2)c1. The minimum absolute atomic E-state index is 0.00244. The fraction of sp³-hybridized carbons (Fsp3) is 0.409. The molecule has 2 aliphatic heterocycles. The number of carbonyl (C=O) groups excluding carboxylic acids is 1. The Morgan fingerprint density at radius 2 is 1.89 bits per heavy atom. The molecule has 0 aromatic heterocycles. The highest BCUT2D eigenvalue weighted by Gasteiger charge is 2.23. The van der Waals surface area contributed by atoms with Crippen LogP contribution in [0.1, 0.15) is 21.5 Å². The van der Waals surface area contributed by atoms with Crippen LogP contribution in [0.25, 0.3) is 0 Å². The van der Waals surface area contributed by atoms with Gasteiger partial charge in [0.1, 0.15) is 0 Å². The summed E-state index contributed by atoms with van der Waals surface area (Å²) in [6.07, 6.45) is 0.973. The molecule has 2 aromatic carbocycles. The Bertz CT molecular complexity index is 802. The largest absolute Gasteiger partial charge is 0.378 e. The van der Waals surface area contributed by atoms with E-state index >= 15 is 0 Å². The van der Waals surface area contributed by atoms with Gasteiger partial charge in [0.05, 0.1) is 13.2 Å². The number of benzene rings is 2. The predicted molar refractivity (Wildman–Crippen MR) is 107 cm³/mol. The molecule has 5 nitrogen and oxygen atoms in total. The Kier molecular flexibility index (Phi) is 5.41. The second-order valence-corrected chi connectivity index (χ2v) is 7.40. The number of amides is 1. The predicted octanol–water partition coefficient (Wildman–Crippen LogP) is 2.31. The first-order valence-corrected chi connectivity index (χ1v) is 9.69. The summed E-state index contributed by atoms with van der Waals surface area (Å²) < 4.78 is 5.41. The first-order valence-electron chi connectivity index (χ1n) is 9.69. The monoisotopic (exact) mass is 365 g/mol. The van der Waals surface area contributed by atoms with Crippen LogP contribution in [0, 0.1) is 0 Å². The lowest BCUT2D eigenvalue weighted by atomic mass is 9.94. The van der Waals surface area contributed by atoms with Gasteiger partial charge in [0.25, 0.3) is 5.91 Å². The van der Waals surface area contributed by atoms with Crippen molar-refractivity contribution in [2.24, 2.45) is 0 Å². The first kappa shape index (κ1) is 18.0. The van der Waals surface area contributed by atoms with Crippen LogP contribution < -0.4 is 10.2 Å². The number of nitrogens with zero attached hydrogens (tertiary/aromatic N) is 2. The van der Waals surface area contributed by atoms with E-state index in [0.717, 1.165) is 50.5 Å². The average molecular weight is 365 g/mol. The van der Waals surface area contributed by atoms with Gasteiger partial charge in [0.2, 0.25) is 0 Å². The zero-order chi connectivity index (χ0) is 18.6. The Hall–Kier alpha value is -2.37. The van der Waals surface area contributed by atoms with Crippen molar-refractivity contribution in [3.05, 3.63) is 65.2 Å². The number of ether oxygens (including phenoxy) is 1. The van der Waals surface area contributed by atoms with E-state index in [1.54, 1.807) is 0 Å². The Balaban J connectivity index is 1.38. The van der Waals surface area contributed by atoms with Crippen LogP contribution in [0.4, 0.5) is 5.69 Å². The van der Waals surface area contributed by atoms with Gasteiger partial charge in [0, 0.05) is 43.5 Å². The average Bonchev–Trinajstić information content (AvgIpc) is 2.72. The zero-order valence-corrected chi connectivity index (χ0v) is 15.9. The fourth-order valence-electron chi connectivity index (χ4n) is 3.92. The third-order valence-electron chi connectivity index (χ3n) is 5.60. The summed E-state index contributed by atoms with van der Waals surface area (Å²) in [5.41, 5.74) is 4.59. The lowest BCUT2D eigenvalue weighted by Crippen LogP contribution is -2.45. The zero-order valence-electron chi connectivity index (χ0n) is 15.9. The number of hydrogen-bond acceptors (Lipinski definition) is 4. The fourth-order valence-corrected chi connectivity index (χ4v) is 3.92. The van der Waals surface area contributed by atoms with Crippen molar-refractivity contribution < 1.29 is 9.53 Å². The normalized spacial score (nSPS) is 20.2. The Labute approximate surface area is 160 Å². The molecule has 0 bridgehead atoms. The van der Waals surface area contributed by atoms with E-state index < -0.39 is 0 Å². The molecule has 1 fully saturated rings. The summed E-state index contributed by atoms with van der Waals surface area (Å²) >= 11 is 0. The van der Waals surface area contributed by atoms with Crippen molar-refractivity contribution in [1.82, 2.24) is 10.2 Å². The summed E-state index contributed by atoms with van der Waals surface area (Å²) in [7, 11) is 2.13. The van der Waals surface area contributed by atoms with Gasteiger partial charge in [-0.1, -0.05) is 30.3 Å². The standard InChI is InChI=1S/C22H27N3O2/c1-24-16-19-6-3-2-5-17(19)13-21(24)15-23-22(26)18-7-4-8-20(14-18)25-9-11-27-12-10-25/h2-8,14,21H,9-13,15-16H2,1H3,(H,23,26). The maximum atomic E-state index is 12.7. The minimum atomic E-state index is -0.00244. The highest BCUT2D eigenvalue weighted by molar-refractivity contribution is 5.95. The van der Waals surface area contributed by atoms with E-state index in [2.05, 4.69) is 52.5 Å². The van der Waals surface area contributed by atoms with Gasteiger partial charge in [-0.15, -0.1) is 0 Å². The Morgan fingerprint density at radius 1 is 1.11 bits per heavy atom. The number of fused-ring (bicyclic) bond motifs is 1. The summed E-state index contributed by atoms with van der Waals surface area (Å²) in [5, 5.41) is 3.14. The number of morpholine rings is 1. The molecule has 1 amide bonds. The molecule has 0 saturated carbocycles. The van der Waals surface area contributed by atoms with Gasteiger partial charge in [0.15, 0.2) is 0 Å². The molecule has 2 heterocycles. The van der Waals surface area contributed by atoms with E-state index in [9.17, 15) is 4.79 Å². The minimum Gasteiger partial charge on any atom is -0.378 e. The lowest BCUT2D eigenvalue weighted by Gasteiger charge is -2.34. The van der Waals surface area contributed by atoms with Gasteiger partial charge in [-0.3, -0.25) is 9.69 Å². The quantitative estimate of drug-likeness (QED) is 0.903. The molecule has 1 N–H and O–H groups in total. The third-order valence-corrected chi connectivity index (χ3v) is 5.60. The van der Waals surface area contributed by atoms with Gasteiger partial charge in [-0.2, -0.15) is 0 Å². The molecule has 5 heteroatoms. The van der Waals surface area contributed by atoms with Crippen LogP contribution in [0.5, 0.6) is 0 Å². The van der Waals surface area contributed by atoms with Crippen molar-refractivity contribution in [2.45, 2.75) is 19.0 Å². The van der Waals surface area contributed by atoms with Gasteiger partial charge in [-0.05, 0) is 42.8 Å². The lowest BCUT2D eigenvalue weighted by molar-refractivity contribution is 0.0934. The smallest absolute Gasteiger partial charge is 0.251 e. The highest BCUT2D eigenvalue weighted by Crippen LogP contribution is 2.22. The molecule has 1 unspecified atom stereocenters. The van der Waals surface area contributed by atoms with Crippen LogP contribution >= 0.6 is 0 Å². The first-order chi connectivity index (χ1) is 13.2. The topological polar surface area (TPSA) is 44.8 Å². The van der Waals surface area contributed by atoms with Crippen molar-refractivity contribution in [3.8, 4) is 0 Å². The molecule has 2 aromatic rings. The second kappa shape index (κ2) is 8.11. The maximum absolute atomic E-state index is 12.7. The number of likely N-dealkylation sites (N-methyl/N-ethyl adjacent to an activating group) is 1. The second-order valence-electron chi connectivity index (χ2n) is 7.40. The third kappa shape index (κ3) is 4.15. The van der Waals surface area contributed by atoms with E-state index in [1.165, 1.54) is 11.1 Å². The number of rotatable bonds is 4. The highest BCUT2D eigenvalue weighted by atomic mass is 16.5. The van der Waals surface area contributed by atoms with Crippen molar-refractivity contribution in [1.29, 1.82) is 0 Å². The van der Waals surface area contributed by atoms with E-state index in [-0.39, 0.29) is 5.91 Å². The summed E-state index contributed by atoms with van der Waals surface area (Å²) in [4.78, 5) is 17.3. The number of carbonyl (C=O) groups is 1. The number of hydrogen-bond donors (Lipinski definition) is 1. The molecule has 4 rings (SSSR count). The van der Waals surface area contributed by atoms with Crippen molar-refractivity contribution in [3.63, 3.8) is 0 Å². The summed E-state index contributed by atoms with van der Waals surface area (Å²) in [6, 6.07) is 16.8. The van der Waals surface area contributed by atoms with Crippen LogP contribution in [0.3, 0.4) is 0 Å². The summed E-state index contributed by atoms with van der Waals surface area (Å²) in [6.45, 7) is 4.82. The maximum Gasteiger partial charge on any atom is 0.251 e. The molecule has 27 heavy (non-hydrogen) atoms. The van der Waals surface area contributed by atoms with E-state index in [1.807, 2.05) is 18.2 Å². The molecule has 0 aliphatic carbocycles. The molecule has 0 spiro atoms. The van der Waals surface area contributed by atoms with Gasteiger partial charge < -0.3 is 15.0 Å². The van der Waals surface area contributed by atoms with Crippen LogP contribution in [-0.4, -0.2) is 56.7 Å². The van der Waals surface area contributed by atoms with Crippen LogP contribution in [-0.2, 0) is 17.7 Å². The molecule has 142 valence electrons. The van der Waals surface area contributed by atoms with E-state index in [4.69, 9.17) is 4.74 Å². The molecule has 2 aliphatic rings. The molecule has 1 saturated heterocycles. The van der Waals surface area contributed by atoms with E-state index in [0.29, 0.717) is 12.6 Å². The van der Waals surface area contributed by atoms with Crippen molar-refractivity contribution in [2.75, 3.05) is 44.8 Å². The van der Waals surface area contributed by atoms with Gasteiger partial charge >= 0.3 is 0 Å². The van der Waals surface area contributed by atoms with Crippen molar-refractivity contribution >= 4 is 11.6 Å². The summed E-state index contributed by atoms with van der Waals surface area (Å²) in [5.74, 6) is -0.00244. The number of nitrogens with one attached hydrogen (secondary N) is 1. The Morgan fingerprint density at radius 3 is 2.70 bits per heavy atom. The van der Waals surface area contributed by atoms with Crippen LogP contribution in [0.2, 0.25) is 0 Å². The van der Waals surface area contributed by atoms with Crippen LogP contribution in [0.15, 0.2) is 48.5 Å².